The minimum atomic E-state index is -1.28. The Morgan fingerprint density at radius 1 is 0.935 bits per heavy atom. The third-order valence-electron chi connectivity index (χ3n) is 5.92. The Morgan fingerprint density at radius 2 is 1.55 bits per heavy atom. The van der Waals surface area contributed by atoms with E-state index in [0.29, 0.717) is 31.1 Å². The first-order chi connectivity index (χ1) is 14.7. The Morgan fingerprint density at radius 3 is 2.19 bits per heavy atom. The number of halogens is 4. The minimum absolute atomic E-state index is 0.0758. The minimum Gasteiger partial charge on any atom is -0.336 e. The van der Waals surface area contributed by atoms with Crippen LogP contribution < -0.4 is 5.73 Å². The van der Waals surface area contributed by atoms with Crippen LogP contribution in [0.5, 0.6) is 0 Å². The third-order valence-corrected chi connectivity index (χ3v) is 5.92. The molecule has 4 rings (SSSR count). The fraction of sp³-hybridized carbons (Fsp3) is 0.364. The van der Waals surface area contributed by atoms with E-state index in [4.69, 9.17) is 5.73 Å². The highest BCUT2D eigenvalue weighted by atomic mass is 19.2. The molecule has 2 aromatic rings. The summed E-state index contributed by atoms with van der Waals surface area (Å²) in [7, 11) is 0. The van der Waals surface area contributed by atoms with E-state index in [9.17, 15) is 27.2 Å². The van der Waals surface area contributed by atoms with Crippen LogP contribution in [0.1, 0.15) is 28.8 Å². The van der Waals surface area contributed by atoms with Crippen molar-refractivity contribution in [2.75, 3.05) is 13.1 Å². The van der Waals surface area contributed by atoms with Crippen molar-refractivity contribution < 1.29 is 27.2 Å². The topological polar surface area (TPSA) is 66.6 Å². The highest BCUT2D eigenvalue weighted by Gasteiger charge is 2.47. The van der Waals surface area contributed by atoms with Gasteiger partial charge in [0.15, 0.2) is 11.6 Å². The average Bonchev–Trinajstić information content (AvgIpc) is 3.33. The number of fused-ring (bicyclic) bond motifs is 2. The summed E-state index contributed by atoms with van der Waals surface area (Å²) < 4.78 is 53.3. The van der Waals surface area contributed by atoms with Gasteiger partial charge in [0, 0.05) is 37.2 Å². The van der Waals surface area contributed by atoms with E-state index in [1.165, 1.54) is 24.3 Å². The van der Waals surface area contributed by atoms with Crippen LogP contribution in [0, 0.1) is 23.3 Å². The number of likely N-dealkylation sites (tertiary alicyclic amines) is 2. The van der Waals surface area contributed by atoms with Crippen LogP contribution in [-0.2, 0) is 11.2 Å². The van der Waals surface area contributed by atoms with E-state index in [2.05, 4.69) is 0 Å². The van der Waals surface area contributed by atoms with Crippen LogP contribution in [0.25, 0.3) is 0 Å². The van der Waals surface area contributed by atoms with E-state index < -0.39 is 29.3 Å². The molecule has 2 amide bonds. The Labute approximate surface area is 176 Å². The summed E-state index contributed by atoms with van der Waals surface area (Å²) in [4.78, 5) is 28.7. The largest absolute Gasteiger partial charge is 0.336 e. The number of hydrogen-bond acceptors (Lipinski definition) is 3. The monoisotopic (exact) mass is 435 g/mol. The van der Waals surface area contributed by atoms with Crippen LogP contribution in [0.15, 0.2) is 36.4 Å². The summed E-state index contributed by atoms with van der Waals surface area (Å²) in [6.07, 6.45) is 0.463. The van der Waals surface area contributed by atoms with E-state index in [1.54, 1.807) is 9.80 Å². The van der Waals surface area contributed by atoms with E-state index in [0.717, 1.165) is 6.07 Å². The maximum absolute atomic E-state index is 13.8. The summed E-state index contributed by atoms with van der Waals surface area (Å²) in [5.41, 5.74) is 6.27. The van der Waals surface area contributed by atoms with E-state index >= 15 is 0 Å². The molecule has 2 unspecified atom stereocenters. The number of benzene rings is 2. The number of nitrogens with two attached hydrogens (primary N) is 1. The summed E-state index contributed by atoms with van der Waals surface area (Å²) in [5.74, 6) is -4.20. The normalized spacial score (nSPS) is 20.9. The summed E-state index contributed by atoms with van der Waals surface area (Å²) in [5, 5.41) is 0. The summed E-state index contributed by atoms with van der Waals surface area (Å²) in [6, 6.07) is 5.51. The van der Waals surface area contributed by atoms with Crippen LogP contribution >= 0.6 is 0 Å². The van der Waals surface area contributed by atoms with Gasteiger partial charge >= 0.3 is 0 Å². The van der Waals surface area contributed by atoms with Gasteiger partial charge in [-0.3, -0.25) is 9.59 Å². The quantitative estimate of drug-likeness (QED) is 0.580. The maximum atomic E-state index is 13.8. The molecule has 2 aliphatic rings. The molecule has 2 bridgehead atoms. The fourth-order valence-electron chi connectivity index (χ4n) is 4.40. The van der Waals surface area contributed by atoms with Crippen molar-refractivity contribution >= 4 is 11.8 Å². The van der Waals surface area contributed by atoms with Gasteiger partial charge in [0.25, 0.3) is 5.91 Å². The Bertz CT molecular complexity index is 1010. The molecule has 5 nitrogen and oxygen atoms in total. The molecule has 0 aliphatic carbocycles. The number of rotatable bonds is 5. The van der Waals surface area contributed by atoms with Crippen molar-refractivity contribution in [3.8, 4) is 0 Å². The highest BCUT2D eigenvalue weighted by Crippen LogP contribution is 2.32. The van der Waals surface area contributed by atoms with Crippen LogP contribution in [0.3, 0.4) is 0 Å². The fourth-order valence-corrected chi connectivity index (χ4v) is 4.40. The molecule has 0 saturated carbocycles. The van der Waals surface area contributed by atoms with Crippen molar-refractivity contribution in [1.82, 2.24) is 9.80 Å². The van der Waals surface area contributed by atoms with Gasteiger partial charge in [-0.25, -0.2) is 17.6 Å². The highest BCUT2D eigenvalue weighted by molar-refractivity contribution is 5.95. The van der Waals surface area contributed by atoms with E-state index in [-0.39, 0.29) is 42.3 Å². The molecule has 164 valence electrons. The van der Waals surface area contributed by atoms with Gasteiger partial charge < -0.3 is 15.5 Å². The van der Waals surface area contributed by atoms with Crippen molar-refractivity contribution in [1.29, 1.82) is 0 Å². The molecule has 2 N–H and O–H groups in total. The lowest BCUT2D eigenvalue weighted by molar-refractivity contribution is -0.133. The third kappa shape index (κ3) is 4.27. The second kappa shape index (κ2) is 8.30. The molecular weight excluding hydrogens is 414 g/mol. The zero-order valence-corrected chi connectivity index (χ0v) is 16.5. The van der Waals surface area contributed by atoms with Gasteiger partial charge in [0.05, 0.1) is 12.1 Å². The lowest BCUT2D eigenvalue weighted by Gasteiger charge is -2.34. The standard InChI is InChI=1S/C22H21F4N3O2/c23-14-3-1-12(2-4-14)22(31)29-11-16-8-17(29)10-28(16)21(30)7-15(27)5-13-6-19(25)20(26)9-18(13)24/h1-4,6,9,15-17H,5,7-8,10-11,27H2/t15-,16?,17?/m1/s1. The van der Waals surface area contributed by atoms with Crippen LogP contribution in [0.4, 0.5) is 17.6 Å². The lowest BCUT2D eigenvalue weighted by Crippen LogP contribution is -2.51. The Kier molecular flexibility index (Phi) is 5.70. The first-order valence-corrected chi connectivity index (χ1v) is 9.98. The second-order valence-electron chi connectivity index (χ2n) is 8.08. The Hall–Kier alpha value is -2.94. The van der Waals surface area contributed by atoms with Gasteiger partial charge in [0.1, 0.15) is 11.6 Å². The van der Waals surface area contributed by atoms with Crippen molar-refractivity contribution in [2.45, 2.75) is 37.4 Å². The number of amides is 2. The smallest absolute Gasteiger partial charge is 0.254 e. The number of hydrogen-bond donors (Lipinski definition) is 1. The van der Waals surface area contributed by atoms with Gasteiger partial charge in [-0.15, -0.1) is 0 Å². The molecule has 9 heteroatoms. The second-order valence-corrected chi connectivity index (χ2v) is 8.08. The molecule has 0 aromatic heterocycles. The number of nitrogens with zero attached hydrogens (tertiary/aromatic N) is 2. The Balaban J connectivity index is 1.34. The summed E-state index contributed by atoms with van der Waals surface area (Å²) >= 11 is 0. The van der Waals surface area contributed by atoms with Crippen molar-refractivity contribution in [3.05, 3.63) is 70.8 Å². The lowest BCUT2D eigenvalue weighted by atomic mass is 10.0. The molecule has 2 fully saturated rings. The molecule has 2 aromatic carbocycles. The summed E-state index contributed by atoms with van der Waals surface area (Å²) in [6.45, 7) is 0.738. The van der Waals surface area contributed by atoms with Gasteiger partial charge in [-0.1, -0.05) is 0 Å². The number of carbonyl (C=O) groups is 2. The molecule has 2 heterocycles. The van der Waals surface area contributed by atoms with Gasteiger partial charge in [-0.2, -0.15) is 0 Å². The zero-order valence-electron chi connectivity index (χ0n) is 16.5. The number of carbonyl (C=O) groups excluding carboxylic acids is 2. The van der Waals surface area contributed by atoms with Gasteiger partial charge in [0.2, 0.25) is 5.91 Å². The molecule has 2 saturated heterocycles. The molecule has 0 spiro atoms. The first-order valence-electron chi connectivity index (χ1n) is 9.98. The van der Waals surface area contributed by atoms with Crippen LogP contribution in [0.2, 0.25) is 0 Å². The van der Waals surface area contributed by atoms with Crippen molar-refractivity contribution in [2.24, 2.45) is 5.73 Å². The van der Waals surface area contributed by atoms with E-state index in [1.807, 2.05) is 0 Å². The molecular formula is C22H21F4N3O2. The average molecular weight is 435 g/mol. The predicted molar refractivity (Wildman–Crippen MR) is 104 cm³/mol. The predicted octanol–water partition coefficient (Wildman–Crippen LogP) is 2.63. The van der Waals surface area contributed by atoms with Gasteiger partial charge in [-0.05, 0) is 48.7 Å². The van der Waals surface area contributed by atoms with Crippen LogP contribution in [-0.4, -0.2) is 52.8 Å². The first kappa shape index (κ1) is 21.3. The SMILES string of the molecule is N[C@@H](CC(=O)N1CC2CC1CN2C(=O)c1ccc(F)cc1)Cc1cc(F)c(F)cc1F. The zero-order chi connectivity index (χ0) is 22.3. The molecule has 2 aliphatic heterocycles. The number of piperazine rings is 1. The van der Waals surface area contributed by atoms with Crippen molar-refractivity contribution in [3.63, 3.8) is 0 Å². The molecule has 31 heavy (non-hydrogen) atoms. The molecule has 3 atom stereocenters. The molecule has 0 radical (unpaired) electrons. The maximum Gasteiger partial charge on any atom is 0.254 e.